The maximum atomic E-state index is 14.3. The summed E-state index contributed by atoms with van der Waals surface area (Å²) in [6.07, 6.45) is 1.49. The molecule has 0 atom stereocenters. The number of hydrogen-bond donors (Lipinski definition) is 0. The van der Waals surface area contributed by atoms with Gasteiger partial charge in [0, 0.05) is 50.2 Å². The van der Waals surface area contributed by atoms with E-state index in [0.717, 1.165) is 17.8 Å². The number of nitro groups is 1. The Morgan fingerprint density at radius 2 is 1.52 bits per heavy atom. The summed E-state index contributed by atoms with van der Waals surface area (Å²) in [5.41, 5.74) is 1.61. The lowest BCUT2D eigenvalue weighted by molar-refractivity contribution is -0.384. The lowest BCUT2D eigenvalue weighted by Gasteiger charge is -2.37. The number of aromatic nitrogens is 1. The number of pyridine rings is 1. The Bertz CT molecular complexity index is 1000. The normalized spacial score (nSPS) is 14.6. The molecular formula is C19H16F2N4O2. The number of halogens is 2. The first-order valence-corrected chi connectivity index (χ1v) is 8.51. The Labute approximate surface area is 153 Å². The van der Waals surface area contributed by atoms with Gasteiger partial charge in [-0.25, -0.2) is 8.78 Å². The van der Waals surface area contributed by atoms with E-state index in [2.05, 4.69) is 9.88 Å². The molecule has 0 spiro atoms. The van der Waals surface area contributed by atoms with E-state index in [1.165, 1.54) is 18.3 Å². The van der Waals surface area contributed by atoms with Crippen molar-refractivity contribution in [3.63, 3.8) is 0 Å². The van der Waals surface area contributed by atoms with Crippen molar-refractivity contribution in [2.24, 2.45) is 0 Å². The highest BCUT2D eigenvalue weighted by molar-refractivity contribution is 5.92. The van der Waals surface area contributed by atoms with Crippen LogP contribution >= 0.6 is 0 Å². The van der Waals surface area contributed by atoms with Crippen LogP contribution in [-0.4, -0.2) is 36.1 Å². The van der Waals surface area contributed by atoms with Crippen molar-refractivity contribution in [1.29, 1.82) is 0 Å². The average Bonchev–Trinajstić information content (AvgIpc) is 2.71. The molecule has 27 heavy (non-hydrogen) atoms. The summed E-state index contributed by atoms with van der Waals surface area (Å²) in [7, 11) is 0. The molecule has 0 saturated carbocycles. The molecule has 0 unspecified atom stereocenters. The maximum absolute atomic E-state index is 14.3. The van der Waals surface area contributed by atoms with Gasteiger partial charge in [-0.3, -0.25) is 15.1 Å². The quantitative estimate of drug-likeness (QED) is 0.519. The van der Waals surface area contributed by atoms with Gasteiger partial charge in [-0.05, 0) is 30.3 Å². The minimum Gasteiger partial charge on any atom is -0.368 e. The number of rotatable bonds is 3. The van der Waals surface area contributed by atoms with Gasteiger partial charge < -0.3 is 9.80 Å². The number of fused-ring (bicyclic) bond motifs is 1. The number of anilines is 2. The molecule has 0 aliphatic carbocycles. The van der Waals surface area contributed by atoms with Gasteiger partial charge in [-0.15, -0.1) is 0 Å². The van der Waals surface area contributed by atoms with E-state index in [4.69, 9.17) is 0 Å². The van der Waals surface area contributed by atoms with Crippen LogP contribution in [0.5, 0.6) is 0 Å². The fourth-order valence-corrected chi connectivity index (χ4v) is 3.43. The van der Waals surface area contributed by atoms with Crippen molar-refractivity contribution >= 4 is 28.0 Å². The molecule has 0 amide bonds. The van der Waals surface area contributed by atoms with Gasteiger partial charge in [0.1, 0.15) is 17.2 Å². The zero-order chi connectivity index (χ0) is 19.0. The summed E-state index contributed by atoms with van der Waals surface area (Å²) in [6.45, 7) is 2.56. The SMILES string of the molecule is O=[N+]([O-])c1ccc(N2CCN(c3ccnc4c(F)ccc(F)c34)CC2)cc1. The fraction of sp³-hybridized carbons (Fsp3) is 0.211. The van der Waals surface area contributed by atoms with Crippen molar-refractivity contribution in [2.45, 2.75) is 0 Å². The average molecular weight is 370 g/mol. The van der Waals surface area contributed by atoms with Crippen LogP contribution in [0.4, 0.5) is 25.8 Å². The van der Waals surface area contributed by atoms with E-state index in [1.807, 2.05) is 4.90 Å². The highest BCUT2D eigenvalue weighted by Crippen LogP contribution is 2.31. The Morgan fingerprint density at radius 3 is 2.19 bits per heavy atom. The summed E-state index contributed by atoms with van der Waals surface area (Å²) < 4.78 is 28.3. The van der Waals surface area contributed by atoms with E-state index < -0.39 is 16.6 Å². The van der Waals surface area contributed by atoms with Crippen molar-refractivity contribution in [1.82, 2.24) is 4.98 Å². The number of benzene rings is 2. The van der Waals surface area contributed by atoms with Crippen LogP contribution in [0.15, 0.2) is 48.7 Å². The molecule has 0 bridgehead atoms. The van der Waals surface area contributed by atoms with Gasteiger partial charge in [0.25, 0.3) is 5.69 Å². The molecule has 6 nitrogen and oxygen atoms in total. The molecule has 1 fully saturated rings. The molecule has 2 heterocycles. The summed E-state index contributed by atoms with van der Waals surface area (Å²) in [5.74, 6) is -1.04. The second kappa shape index (κ2) is 6.79. The number of piperazine rings is 1. The third kappa shape index (κ3) is 3.14. The molecule has 3 aromatic rings. The topological polar surface area (TPSA) is 62.5 Å². The first-order valence-electron chi connectivity index (χ1n) is 8.51. The standard InChI is InChI=1S/C19H16F2N4O2/c20-15-5-6-16(21)19-18(15)17(7-8-22-19)24-11-9-23(10-12-24)13-1-3-14(4-2-13)25(26)27/h1-8H,9-12H2. The van der Waals surface area contributed by atoms with E-state index in [-0.39, 0.29) is 16.6 Å². The predicted molar refractivity (Wildman–Crippen MR) is 99.2 cm³/mol. The molecular weight excluding hydrogens is 354 g/mol. The van der Waals surface area contributed by atoms with Crippen LogP contribution in [0.25, 0.3) is 10.9 Å². The van der Waals surface area contributed by atoms with Gasteiger partial charge >= 0.3 is 0 Å². The van der Waals surface area contributed by atoms with Crippen molar-refractivity contribution in [3.8, 4) is 0 Å². The molecule has 138 valence electrons. The molecule has 0 radical (unpaired) electrons. The van der Waals surface area contributed by atoms with Crippen LogP contribution in [-0.2, 0) is 0 Å². The number of hydrogen-bond acceptors (Lipinski definition) is 5. The Kier molecular flexibility index (Phi) is 4.31. The zero-order valence-electron chi connectivity index (χ0n) is 14.3. The van der Waals surface area contributed by atoms with Gasteiger partial charge in [0.05, 0.1) is 16.0 Å². The summed E-state index contributed by atoms with van der Waals surface area (Å²) in [5, 5.41) is 11.0. The van der Waals surface area contributed by atoms with Crippen LogP contribution in [0, 0.1) is 21.7 Å². The van der Waals surface area contributed by atoms with E-state index in [9.17, 15) is 18.9 Å². The Balaban J connectivity index is 1.55. The van der Waals surface area contributed by atoms with Crippen LogP contribution in [0.1, 0.15) is 0 Å². The van der Waals surface area contributed by atoms with Gasteiger partial charge in [0.15, 0.2) is 0 Å². The molecule has 1 aliphatic rings. The van der Waals surface area contributed by atoms with Crippen LogP contribution in [0.3, 0.4) is 0 Å². The van der Waals surface area contributed by atoms with Crippen LogP contribution < -0.4 is 9.80 Å². The zero-order valence-corrected chi connectivity index (χ0v) is 14.3. The molecule has 2 aromatic carbocycles. The van der Waals surface area contributed by atoms with E-state index in [1.54, 1.807) is 18.2 Å². The van der Waals surface area contributed by atoms with Crippen molar-refractivity contribution < 1.29 is 13.7 Å². The minimum atomic E-state index is -0.544. The Morgan fingerprint density at radius 1 is 0.889 bits per heavy atom. The molecule has 1 aromatic heterocycles. The molecule has 0 N–H and O–H groups in total. The third-order valence-electron chi connectivity index (χ3n) is 4.82. The second-order valence-corrected chi connectivity index (χ2v) is 6.33. The van der Waals surface area contributed by atoms with Crippen LogP contribution in [0.2, 0.25) is 0 Å². The lowest BCUT2D eigenvalue weighted by atomic mass is 10.1. The maximum Gasteiger partial charge on any atom is 0.269 e. The van der Waals surface area contributed by atoms with Gasteiger partial charge in [0.2, 0.25) is 0 Å². The largest absolute Gasteiger partial charge is 0.368 e. The first-order chi connectivity index (χ1) is 13.0. The first kappa shape index (κ1) is 17.1. The monoisotopic (exact) mass is 370 g/mol. The van der Waals surface area contributed by atoms with Crippen molar-refractivity contribution in [3.05, 3.63) is 70.4 Å². The van der Waals surface area contributed by atoms with Gasteiger partial charge in [-0.1, -0.05) is 0 Å². The van der Waals surface area contributed by atoms with Gasteiger partial charge in [-0.2, -0.15) is 0 Å². The second-order valence-electron chi connectivity index (χ2n) is 6.33. The fourth-order valence-electron chi connectivity index (χ4n) is 3.43. The summed E-state index contributed by atoms with van der Waals surface area (Å²) in [4.78, 5) is 18.4. The molecule has 1 aliphatic heterocycles. The van der Waals surface area contributed by atoms with E-state index >= 15 is 0 Å². The Hall–Kier alpha value is -3.29. The summed E-state index contributed by atoms with van der Waals surface area (Å²) in [6, 6.07) is 10.3. The van der Waals surface area contributed by atoms with Crippen molar-refractivity contribution in [2.75, 3.05) is 36.0 Å². The minimum absolute atomic E-state index is 0.0327. The smallest absolute Gasteiger partial charge is 0.269 e. The third-order valence-corrected chi connectivity index (χ3v) is 4.82. The highest BCUT2D eigenvalue weighted by atomic mass is 19.1. The highest BCUT2D eigenvalue weighted by Gasteiger charge is 2.21. The number of non-ortho nitro benzene ring substituents is 1. The predicted octanol–water partition coefficient (Wildman–Crippen LogP) is 3.75. The number of nitrogens with zero attached hydrogens (tertiary/aromatic N) is 4. The molecule has 4 rings (SSSR count). The molecule has 1 saturated heterocycles. The number of nitro benzene ring substituents is 1. The van der Waals surface area contributed by atoms with E-state index in [0.29, 0.717) is 31.9 Å². The summed E-state index contributed by atoms with van der Waals surface area (Å²) >= 11 is 0. The molecule has 8 heteroatoms. The lowest BCUT2D eigenvalue weighted by Crippen LogP contribution is -2.46.